The van der Waals surface area contributed by atoms with Crippen molar-refractivity contribution in [3.63, 3.8) is 0 Å². The lowest BCUT2D eigenvalue weighted by molar-refractivity contribution is -0.117. The monoisotopic (exact) mass is 300 g/mol. The van der Waals surface area contributed by atoms with E-state index in [0.717, 1.165) is 0 Å². The Morgan fingerprint density at radius 3 is 2.40 bits per heavy atom. The molecular weight excluding hydrogens is 280 g/mol. The molecule has 0 aliphatic rings. The number of nitrogens with two attached hydrogens (primary N) is 1. The highest BCUT2D eigenvalue weighted by Gasteiger charge is 2.18. The first kappa shape index (κ1) is 16.6. The fourth-order valence-corrected chi connectivity index (χ4v) is 2.03. The lowest BCUT2D eigenvalue weighted by Gasteiger charge is -2.17. The molecule has 1 aromatic carbocycles. The second-order valence-electron chi connectivity index (χ2n) is 4.91. The topological polar surface area (TPSA) is 73.6 Å². The van der Waals surface area contributed by atoms with Crippen LogP contribution >= 0.6 is 11.6 Å². The number of carbonyl (C=O) groups excluding carboxylic acids is 1. The summed E-state index contributed by atoms with van der Waals surface area (Å²) in [5.74, 6) is 1.000. The van der Waals surface area contributed by atoms with Gasteiger partial charge in [-0.2, -0.15) is 0 Å². The van der Waals surface area contributed by atoms with E-state index >= 15 is 0 Å². The van der Waals surface area contributed by atoms with Crippen LogP contribution in [0.3, 0.4) is 0 Å². The van der Waals surface area contributed by atoms with E-state index in [2.05, 4.69) is 5.32 Å². The van der Waals surface area contributed by atoms with Crippen molar-refractivity contribution in [3.05, 3.63) is 17.2 Å². The van der Waals surface area contributed by atoms with Crippen LogP contribution in [-0.4, -0.2) is 26.2 Å². The van der Waals surface area contributed by atoms with Crippen LogP contribution < -0.4 is 20.5 Å². The zero-order valence-electron chi connectivity index (χ0n) is 12.2. The molecule has 1 atom stereocenters. The molecule has 0 unspecified atom stereocenters. The fourth-order valence-electron chi connectivity index (χ4n) is 1.80. The molecule has 0 saturated carbocycles. The third-order valence-electron chi connectivity index (χ3n) is 2.79. The summed E-state index contributed by atoms with van der Waals surface area (Å²) in [4.78, 5) is 12.0. The Morgan fingerprint density at radius 1 is 1.30 bits per heavy atom. The lowest BCUT2D eigenvalue weighted by Crippen LogP contribution is -2.36. The Labute approximate surface area is 124 Å². The summed E-state index contributed by atoms with van der Waals surface area (Å²) < 4.78 is 10.3. The average Bonchev–Trinajstić information content (AvgIpc) is 2.39. The van der Waals surface area contributed by atoms with Gasteiger partial charge in [0.15, 0.2) is 0 Å². The SMILES string of the molecule is COc1cc(NC(=O)[C@@H](N)CC(C)C)c(OC)cc1Cl. The molecule has 0 fully saturated rings. The van der Waals surface area contributed by atoms with Crippen LogP contribution in [-0.2, 0) is 4.79 Å². The minimum Gasteiger partial charge on any atom is -0.495 e. The Morgan fingerprint density at radius 2 is 1.90 bits per heavy atom. The first-order valence-electron chi connectivity index (χ1n) is 6.37. The first-order chi connectivity index (χ1) is 9.38. The maximum atomic E-state index is 12.0. The maximum Gasteiger partial charge on any atom is 0.241 e. The van der Waals surface area contributed by atoms with E-state index in [1.807, 2.05) is 13.8 Å². The maximum absolute atomic E-state index is 12.0. The van der Waals surface area contributed by atoms with Gasteiger partial charge < -0.3 is 20.5 Å². The molecule has 6 heteroatoms. The Hall–Kier alpha value is -1.46. The summed E-state index contributed by atoms with van der Waals surface area (Å²) in [5.41, 5.74) is 6.33. The highest BCUT2D eigenvalue weighted by molar-refractivity contribution is 6.32. The normalized spacial score (nSPS) is 12.2. The van der Waals surface area contributed by atoms with E-state index in [0.29, 0.717) is 34.5 Å². The van der Waals surface area contributed by atoms with Gasteiger partial charge in [0.2, 0.25) is 5.91 Å². The van der Waals surface area contributed by atoms with Gasteiger partial charge in [0.1, 0.15) is 11.5 Å². The number of halogens is 1. The predicted octanol–water partition coefficient (Wildman–Crippen LogP) is 2.67. The zero-order valence-corrected chi connectivity index (χ0v) is 13.0. The van der Waals surface area contributed by atoms with Gasteiger partial charge in [0.05, 0.1) is 31.0 Å². The molecule has 3 N–H and O–H groups in total. The van der Waals surface area contributed by atoms with Crippen LogP contribution in [0.5, 0.6) is 11.5 Å². The van der Waals surface area contributed by atoms with Crippen LogP contribution in [0.1, 0.15) is 20.3 Å². The molecule has 0 heterocycles. The van der Waals surface area contributed by atoms with E-state index in [1.54, 1.807) is 12.1 Å². The van der Waals surface area contributed by atoms with Crippen LogP contribution in [0, 0.1) is 5.92 Å². The van der Waals surface area contributed by atoms with E-state index in [1.165, 1.54) is 14.2 Å². The third-order valence-corrected chi connectivity index (χ3v) is 3.09. The van der Waals surface area contributed by atoms with Crippen molar-refractivity contribution in [1.82, 2.24) is 0 Å². The number of benzene rings is 1. The average molecular weight is 301 g/mol. The number of nitrogens with one attached hydrogen (secondary N) is 1. The Kier molecular flexibility index (Phi) is 6.10. The Bertz CT molecular complexity index is 478. The standard InChI is InChI=1S/C14H21ClN2O3/c1-8(2)5-10(16)14(18)17-11-7-12(19-3)9(15)6-13(11)20-4/h6-8,10H,5,16H2,1-4H3,(H,17,18)/t10-/m0/s1. The highest BCUT2D eigenvalue weighted by Crippen LogP contribution is 2.35. The van der Waals surface area contributed by atoms with Crippen molar-refractivity contribution in [1.29, 1.82) is 0 Å². The van der Waals surface area contributed by atoms with Gasteiger partial charge in [0, 0.05) is 12.1 Å². The molecule has 0 spiro atoms. The largest absolute Gasteiger partial charge is 0.495 e. The molecule has 0 aliphatic heterocycles. The van der Waals surface area contributed by atoms with Crippen LogP contribution in [0.4, 0.5) is 5.69 Å². The number of amides is 1. The molecule has 0 saturated heterocycles. The Balaban J connectivity index is 2.93. The second kappa shape index (κ2) is 7.36. The van der Waals surface area contributed by atoms with Crippen LogP contribution in [0.15, 0.2) is 12.1 Å². The second-order valence-corrected chi connectivity index (χ2v) is 5.32. The molecule has 0 aromatic heterocycles. The van der Waals surface area contributed by atoms with E-state index in [9.17, 15) is 4.79 Å². The lowest BCUT2D eigenvalue weighted by atomic mass is 10.0. The van der Waals surface area contributed by atoms with Gasteiger partial charge in [-0.05, 0) is 12.3 Å². The number of anilines is 1. The van der Waals surface area contributed by atoms with Crippen molar-refractivity contribution in [3.8, 4) is 11.5 Å². The number of hydrogen-bond acceptors (Lipinski definition) is 4. The van der Waals surface area contributed by atoms with Gasteiger partial charge in [-0.1, -0.05) is 25.4 Å². The summed E-state index contributed by atoms with van der Waals surface area (Å²) in [6.45, 7) is 4.03. The van der Waals surface area contributed by atoms with Crippen LogP contribution in [0.25, 0.3) is 0 Å². The van der Waals surface area contributed by atoms with Gasteiger partial charge in [-0.3, -0.25) is 4.79 Å². The third kappa shape index (κ3) is 4.28. The molecule has 0 bridgehead atoms. The molecule has 20 heavy (non-hydrogen) atoms. The molecule has 1 rings (SSSR count). The summed E-state index contributed by atoms with van der Waals surface area (Å²) in [7, 11) is 3.01. The van der Waals surface area contributed by atoms with Gasteiger partial charge >= 0.3 is 0 Å². The molecule has 5 nitrogen and oxygen atoms in total. The molecule has 1 amide bonds. The quantitative estimate of drug-likeness (QED) is 0.847. The van der Waals surface area contributed by atoms with Gasteiger partial charge in [-0.15, -0.1) is 0 Å². The number of carbonyl (C=O) groups is 1. The fraction of sp³-hybridized carbons (Fsp3) is 0.500. The summed E-state index contributed by atoms with van der Waals surface area (Å²) in [6.07, 6.45) is 0.610. The van der Waals surface area contributed by atoms with Gasteiger partial charge in [-0.25, -0.2) is 0 Å². The molecule has 112 valence electrons. The van der Waals surface area contributed by atoms with Crippen molar-refractivity contribution in [2.75, 3.05) is 19.5 Å². The number of hydrogen-bond donors (Lipinski definition) is 2. The number of ether oxygens (including phenoxy) is 2. The predicted molar refractivity (Wildman–Crippen MR) is 80.6 cm³/mol. The van der Waals surface area contributed by atoms with E-state index in [-0.39, 0.29) is 5.91 Å². The number of methoxy groups -OCH3 is 2. The molecule has 0 aliphatic carbocycles. The summed E-state index contributed by atoms with van der Waals surface area (Å²) >= 11 is 6.01. The summed E-state index contributed by atoms with van der Waals surface area (Å²) in [6, 6.07) is 2.63. The van der Waals surface area contributed by atoms with Crippen molar-refractivity contribution in [2.45, 2.75) is 26.3 Å². The van der Waals surface area contributed by atoms with Gasteiger partial charge in [0.25, 0.3) is 0 Å². The van der Waals surface area contributed by atoms with E-state index in [4.69, 9.17) is 26.8 Å². The zero-order chi connectivity index (χ0) is 15.3. The van der Waals surface area contributed by atoms with Crippen molar-refractivity contribution in [2.24, 2.45) is 11.7 Å². The van der Waals surface area contributed by atoms with Crippen LogP contribution in [0.2, 0.25) is 5.02 Å². The van der Waals surface area contributed by atoms with Crippen molar-refractivity contribution < 1.29 is 14.3 Å². The van der Waals surface area contributed by atoms with E-state index < -0.39 is 6.04 Å². The molecule has 0 radical (unpaired) electrons. The number of rotatable bonds is 6. The summed E-state index contributed by atoms with van der Waals surface area (Å²) in [5, 5.41) is 3.15. The minimum atomic E-state index is -0.568. The van der Waals surface area contributed by atoms with Crippen molar-refractivity contribution >= 4 is 23.2 Å². The smallest absolute Gasteiger partial charge is 0.241 e. The molecule has 1 aromatic rings. The molecular formula is C14H21ClN2O3. The minimum absolute atomic E-state index is 0.263. The highest BCUT2D eigenvalue weighted by atomic mass is 35.5. The first-order valence-corrected chi connectivity index (χ1v) is 6.74.